The molecule has 0 spiro atoms. The van der Waals surface area contributed by atoms with E-state index in [-0.39, 0.29) is 18.4 Å². The Morgan fingerprint density at radius 1 is 1.15 bits per heavy atom. The summed E-state index contributed by atoms with van der Waals surface area (Å²) < 4.78 is 2.19. The lowest BCUT2D eigenvalue weighted by Crippen LogP contribution is -2.37. The Bertz CT molecular complexity index is 942. The fourth-order valence-electron chi connectivity index (χ4n) is 3.11. The zero-order valence-corrected chi connectivity index (χ0v) is 16.6. The van der Waals surface area contributed by atoms with Gasteiger partial charge in [-0.1, -0.05) is 25.1 Å². The molecule has 2 amide bonds. The average molecular weight is 384 g/mol. The highest BCUT2D eigenvalue weighted by atomic mass is 32.1. The molecule has 0 fully saturated rings. The lowest BCUT2D eigenvalue weighted by molar-refractivity contribution is -0.120. The molecule has 0 saturated carbocycles. The molecule has 2 aromatic heterocycles. The van der Waals surface area contributed by atoms with E-state index >= 15 is 0 Å². The molecule has 5 nitrogen and oxygen atoms in total. The molecule has 1 aromatic carbocycles. The van der Waals surface area contributed by atoms with Gasteiger partial charge in [-0.15, -0.1) is 11.3 Å². The van der Waals surface area contributed by atoms with Gasteiger partial charge in [0, 0.05) is 29.7 Å². The van der Waals surface area contributed by atoms with E-state index < -0.39 is 0 Å². The van der Waals surface area contributed by atoms with Crippen LogP contribution in [0.25, 0.3) is 10.9 Å². The van der Waals surface area contributed by atoms with Crippen LogP contribution in [0.4, 0.5) is 0 Å². The first-order valence-corrected chi connectivity index (χ1v) is 10.1. The van der Waals surface area contributed by atoms with E-state index in [9.17, 15) is 9.59 Å². The van der Waals surface area contributed by atoms with Gasteiger partial charge >= 0.3 is 0 Å². The van der Waals surface area contributed by atoms with Crippen molar-refractivity contribution in [2.24, 2.45) is 0 Å². The number of benzene rings is 1. The van der Waals surface area contributed by atoms with Gasteiger partial charge in [-0.25, -0.2) is 0 Å². The summed E-state index contributed by atoms with van der Waals surface area (Å²) >= 11 is 1.49. The lowest BCUT2D eigenvalue weighted by Gasteiger charge is -2.08. The van der Waals surface area contributed by atoms with Crippen LogP contribution < -0.4 is 10.6 Å². The van der Waals surface area contributed by atoms with Crippen molar-refractivity contribution in [3.05, 3.63) is 57.9 Å². The Morgan fingerprint density at radius 3 is 2.74 bits per heavy atom. The Morgan fingerprint density at radius 2 is 1.96 bits per heavy atom. The number of carbonyl (C=O) groups excluding carboxylic acids is 2. The molecule has 0 aliphatic rings. The number of hydrogen-bond acceptors (Lipinski definition) is 3. The summed E-state index contributed by atoms with van der Waals surface area (Å²) in [7, 11) is 0. The van der Waals surface area contributed by atoms with E-state index in [1.165, 1.54) is 27.1 Å². The van der Waals surface area contributed by atoms with Gasteiger partial charge in [0.2, 0.25) is 5.91 Å². The minimum absolute atomic E-state index is 0.00366. The number of hydrogen-bond donors (Lipinski definition) is 2. The topological polar surface area (TPSA) is 63.1 Å². The third-order valence-electron chi connectivity index (χ3n) is 4.55. The maximum atomic E-state index is 12.2. The summed E-state index contributed by atoms with van der Waals surface area (Å²) in [6.07, 6.45) is 3.82. The molecule has 6 heteroatoms. The molecule has 0 radical (unpaired) electrons. The number of amides is 2. The number of thiophene rings is 1. The maximum absolute atomic E-state index is 12.2. The standard InChI is InChI=1S/C21H25N3O2S/c1-3-18-15(2)13-19(27-18)21(26)23-14-20(25)22-10-6-11-24-12-9-16-7-4-5-8-17(16)24/h4-5,7-9,12-13H,3,6,10-11,14H2,1-2H3,(H,22,25)(H,23,26). The van der Waals surface area contributed by atoms with Crippen molar-refractivity contribution in [1.82, 2.24) is 15.2 Å². The van der Waals surface area contributed by atoms with Crippen LogP contribution in [-0.4, -0.2) is 29.5 Å². The van der Waals surface area contributed by atoms with Crippen LogP contribution in [0.15, 0.2) is 42.6 Å². The molecule has 0 aliphatic carbocycles. The third kappa shape index (κ3) is 4.77. The molecule has 27 heavy (non-hydrogen) atoms. The highest BCUT2D eigenvalue weighted by Gasteiger charge is 2.12. The summed E-state index contributed by atoms with van der Waals surface area (Å²) in [6, 6.07) is 12.2. The Kier molecular flexibility index (Phi) is 6.29. The van der Waals surface area contributed by atoms with Crippen molar-refractivity contribution in [2.75, 3.05) is 13.1 Å². The van der Waals surface area contributed by atoms with Gasteiger partial charge in [0.25, 0.3) is 5.91 Å². The molecule has 142 valence electrons. The van der Waals surface area contributed by atoms with E-state index in [0.29, 0.717) is 11.4 Å². The summed E-state index contributed by atoms with van der Waals surface area (Å²) in [6.45, 7) is 5.51. The van der Waals surface area contributed by atoms with Crippen LogP contribution in [0.5, 0.6) is 0 Å². The molecular weight excluding hydrogens is 358 g/mol. The van der Waals surface area contributed by atoms with Crippen LogP contribution in [0.3, 0.4) is 0 Å². The first-order chi connectivity index (χ1) is 13.1. The summed E-state index contributed by atoms with van der Waals surface area (Å²) in [5.41, 5.74) is 2.34. The van der Waals surface area contributed by atoms with Gasteiger partial charge in [-0.2, -0.15) is 0 Å². The maximum Gasteiger partial charge on any atom is 0.261 e. The summed E-state index contributed by atoms with van der Waals surface area (Å²) in [5.74, 6) is -0.346. The first kappa shape index (κ1) is 19.2. The zero-order chi connectivity index (χ0) is 19.2. The van der Waals surface area contributed by atoms with E-state index in [1.807, 2.05) is 25.1 Å². The minimum atomic E-state index is -0.184. The molecule has 2 heterocycles. The van der Waals surface area contributed by atoms with E-state index in [4.69, 9.17) is 0 Å². The summed E-state index contributed by atoms with van der Waals surface area (Å²) in [4.78, 5) is 26.0. The molecule has 0 saturated heterocycles. The van der Waals surface area contributed by atoms with Gasteiger partial charge in [0.15, 0.2) is 0 Å². The Hall–Kier alpha value is -2.60. The Labute approximate surface area is 163 Å². The average Bonchev–Trinajstić information content (AvgIpc) is 3.26. The highest BCUT2D eigenvalue weighted by Crippen LogP contribution is 2.22. The van der Waals surface area contributed by atoms with Crippen molar-refractivity contribution in [1.29, 1.82) is 0 Å². The second kappa shape index (κ2) is 8.86. The molecule has 2 N–H and O–H groups in total. The molecular formula is C21H25N3O2S. The van der Waals surface area contributed by atoms with E-state index in [0.717, 1.165) is 24.9 Å². The molecule has 3 rings (SSSR count). The van der Waals surface area contributed by atoms with E-state index in [2.05, 4.69) is 46.5 Å². The predicted molar refractivity (Wildman–Crippen MR) is 110 cm³/mol. The van der Waals surface area contributed by atoms with Crippen molar-refractivity contribution >= 4 is 34.1 Å². The zero-order valence-electron chi connectivity index (χ0n) is 15.7. The van der Waals surface area contributed by atoms with Crippen molar-refractivity contribution < 1.29 is 9.59 Å². The van der Waals surface area contributed by atoms with Crippen molar-refractivity contribution in [3.63, 3.8) is 0 Å². The van der Waals surface area contributed by atoms with Crippen LogP contribution in [0, 0.1) is 6.92 Å². The quantitative estimate of drug-likeness (QED) is 0.585. The first-order valence-electron chi connectivity index (χ1n) is 9.26. The van der Waals surface area contributed by atoms with Crippen LogP contribution in [-0.2, 0) is 17.8 Å². The molecule has 3 aromatic rings. The number of carbonyl (C=O) groups is 2. The fraction of sp³-hybridized carbons (Fsp3) is 0.333. The number of rotatable bonds is 8. The largest absolute Gasteiger partial charge is 0.355 e. The fourth-order valence-corrected chi connectivity index (χ4v) is 4.14. The third-order valence-corrected chi connectivity index (χ3v) is 5.93. The monoisotopic (exact) mass is 383 g/mol. The minimum Gasteiger partial charge on any atom is -0.355 e. The number of para-hydroxylation sites is 1. The smallest absolute Gasteiger partial charge is 0.261 e. The van der Waals surface area contributed by atoms with Crippen molar-refractivity contribution in [3.8, 4) is 0 Å². The molecule has 0 bridgehead atoms. The molecule has 0 aliphatic heterocycles. The van der Waals surface area contributed by atoms with Crippen LogP contribution in [0.2, 0.25) is 0 Å². The summed E-state index contributed by atoms with van der Waals surface area (Å²) in [5, 5.41) is 6.78. The van der Waals surface area contributed by atoms with Gasteiger partial charge in [-0.3, -0.25) is 9.59 Å². The molecule has 0 unspecified atom stereocenters. The Balaban J connectivity index is 1.39. The van der Waals surface area contributed by atoms with Crippen LogP contribution in [0.1, 0.15) is 33.5 Å². The van der Waals surface area contributed by atoms with Gasteiger partial charge in [-0.05, 0) is 48.9 Å². The number of nitrogens with zero attached hydrogens (tertiary/aromatic N) is 1. The predicted octanol–water partition coefficient (Wildman–Crippen LogP) is 3.51. The van der Waals surface area contributed by atoms with Gasteiger partial charge in [0.05, 0.1) is 11.4 Å². The second-order valence-electron chi connectivity index (χ2n) is 6.52. The lowest BCUT2D eigenvalue weighted by atomic mass is 10.2. The molecule has 0 atom stereocenters. The van der Waals surface area contributed by atoms with E-state index in [1.54, 1.807) is 0 Å². The van der Waals surface area contributed by atoms with Crippen LogP contribution >= 0.6 is 11.3 Å². The number of fused-ring (bicyclic) bond motifs is 1. The van der Waals surface area contributed by atoms with Gasteiger partial charge < -0.3 is 15.2 Å². The number of aromatic nitrogens is 1. The second-order valence-corrected chi connectivity index (χ2v) is 7.66. The number of aryl methyl sites for hydroxylation is 3. The normalized spacial score (nSPS) is 10.9. The van der Waals surface area contributed by atoms with Crippen molar-refractivity contribution in [2.45, 2.75) is 33.2 Å². The van der Waals surface area contributed by atoms with Gasteiger partial charge in [0.1, 0.15) is 0 Å². The highest BCUT2D eigenvalue weighted by molar-refractivity contribution is 7.14. The SMILES string of the molecule is CCc1sc(C(=O)NCC(=O)NCCCn2ccc3ccccc32)cc1C. The number of nitrogens with one attached hydrogen (secondary N) is 2.